The summed E-state index contributed by atoms with van der Waals surface area (Å²) in [4.78, 5) is 10.4. The van der Waals surface area contributed by atoms with Gasteiger partial charge in [-0.15, -0.1) is 0 Å². The van der Waals surface area contributed by atoms with Crippen molar-refractivity contribution in [2.24, 2.45) is 5.73 Å². The second-order valence-electron chi connectivity index (χ2n) is 2.81. The summed E-state index contributed by atoms with van der Waals surface area (Å²) in [6.45, 7) is 0.163. The first-order valence-electron chi connectivity index (χ1n) is 4.01. The van der Waals surface area contributed by atoms with Crippen LogP contribution in [0.3, 0.4) is 0 Å². The summed E-state index contributed by atoms with van der Waals surface area (Å²) < 4.78 is 9.56. The lowest BCUT2D eigenvalue weighted by Crippen LogP contribution is -2.12. The van der Waals surface area contributed by atoms with Gasteiger partial charge in [0, 0.05) is 5.39 Å². The molecule has 2 N–H and O–H groups in total. The van der Waals surface area contributed by atoms with Crippen LogP contribution >= 0.6 is 0 Å². The molecule has 0 aliphatic rings. The molecule has 0 fully saturated rings. The molecule has 0 radical (unpaired) electrons. The van der Waals surface area contributed by atoms with Gasteiger partial charge in [0.1, 0.15) is 6.61 Å². The Morgan fingerprint density at radius 1 is 1.57 bits per heavy atom. The summed E-state index contributed by atoms with van der Waals surface area (Å²) >= 11 is 0. The van der Waals surface area contributed by atoms with Crippen LogP contribution in [0.1, 0.15) is 5.56 Å². The topological polar surface area (TPSA) is 78.4 Å². The van der Waals surface area contributed by atoms with Gasteiger partial charge in [0.05, 0.1) is 6.20 Å². The van der Waals surface area contributed by atoms with Crippen molar-refractivity contribution in [3.05, 3.63) is 30.0 Å². The molecule has 0 aliphatic carbocycles. The van der Waals surface area contributed by atoms with Gasteiger partial charge in [0.25, 0.3) is 0 Å². The van der Waals surface area contributed by atoms with Gasteiger partial charge in [-0.1, -0.05) is 11.2 Å². The van der Waals surface area contributed by atoms with Crippen LogP contribution in [0.25, 0.3) is 11.0 Å². The lowest BCUT2D eigenvalue weighted by atomic mass is 10.2. The molecular weight excluding hydrogens is 184 g/mol. The molecule has 0 saturated carbocycles. The van der Waals surface area contributed by atoms with Gasteiger partial charge in [-0.25, -0.2) is 4.79 Å². The Morgan fingerprint density at radius 3 is 3.21 bits per heavy atom. The number of nitrogens with two attached hydrogens (primary N) is 1. The van der Waals surface area contributed by atoms with Crippen LogP contribution in [0, 0.1) is 0 Å². The summed E-state index contributed by atoms with van der Waals surface area (Å²) in [6, 6.07) is 5.38. The van der Waals surface area contributed by atoms with E-state index >= 15 is 0 Å². The maximum Gasteiger partial charge on any atom is 0.404 e. The van der Waals surface area contributed by atoms with Crippen molar-refractivity contribution in [1.29, 1.82) is 0 Å². The minimum atomic E-state index is -0.782. The number of aromatic nitrogens is 1. The molecule has 0 bridgehead atoms. The number of ether oxygens (including phenoxy) is 1. The van der Waals surface area contributed by atoms with Gasteiger partial charge in [0.2, 0.25) is 0 Å². The Hall–Kier alpha value is -2.04. The van der Waals surface area contributed by atoms with E-state index in [0.717, 1.165) is 10.9 Å². The lowest BCUT2D eigenvalue weighted by Gasteiger charge is -2.00. The van der Waals surface area contributed by atoms with E-state index in [1.54, 1.807) is 18.3 Å². The molecule has 1 heterocycles. The molecule has 2 rings (SSSR count). The SMILES string of the molecule is NC(=O)OCc1ccc2oncc2c1. The molecule has 5 heteroatoms. The largest absolute Gasteiger partial charge is 0.445 e. The first-order chi connectivity index (χ1) is 6.75. The van der Waals surface area contributed by atoms with Crippen molar-refractivity contribution >= 4 is 17.1 Å². The Morgan fingerprint density at radius 2 is 2.43 bits per heavy atom. The predicted molar refractivity (Wildman–Crippen MR) is 48.4 cm³/mol. The maximum absolute atomic E-state index is 10.4. The second-order valence-corrected chi connectivity index (χ2v) is 2.81. The quantitative estimate of drug-likeness (QED) is 0.780. The number of nitrogens with zero attached hydrogens (tertiary/aromatic N) is 1. The summed E-state index contributed by atoms with van der Waals surface area (Å²) in [5.41, 5.74) is 6.39. The lowest BCUT2D eigenvalue weighted by molar-refractivity contribution is 0.150. The fraction of sp³-hybridized carbons (Fsp3) is 0.111. The second kappa shape index (κ2) is 3.37. The summed E-state index contributed by atoms with van der Waals surface area (Å²) in [5, 5.41) is 4.50. The molecule has 14 heavy (non-hydrogen) atoms. The van der Waals surface area contributed by atoms with Gasteiger partial charge < -0.3 is 15.0 Å². The zero-order chi connectivity index (χ0) is 9.97. The van der Waals surface area contributed by atoms with Crippen LogP contribution in [0.5, 0.6) is 0 Å². The molecule has 1 aromatic carbocycles. The summed E-state index contributed by atoms with van der Waals surface area (Å²) in [5.74, 6) is 0. The van der Waals surface area contributed by atoms with Crippen molar-refractivity contribution < 1.29 is 14.1 Å². The first-order valence-corrected chi connectivity index (χ1v) is 4.01. The molecule has 1 aromatic heterocycles. The van der Waals surface area contributed by atoms with Crippen LogP contribution in [0.15, 0.2) is 28.9 Å². The van der Waals surface area contributed by atoms with Crippen molar-refractivity contribution in [3.8, 4) is 0 Å². The molecule has 1 amide bonds. The zero-order valence-electron chi connectivity index (χ0n) is 7.27. The number of benzene rings is 1. The van der Waals surface area contributed by atoms with Crippen LogP contribution in [0.4, 0.5) is 4.79 Å². The van der Waals surface area contributed by atoms with E-state index in [9.17, 15) is 4.79 Å². The minimum Gasteiger partial charge on any atom is -0.445 e. The third kappa shape index (κ3) is 1.66. The molecule has 0 aliphatic heterocycles. The van der Waals surface area contributed by atoms with Gasteiger partial charge in [-0.05, 0) is 17.7 Å². The third-order valence-corrected chi connectivity index (χ3v) is 1.80. The number of amides is 1. The fourth-order valence-corrected chi connectivity index (χ4v) is 1.17. The Bertz CT molecular complexity index is 464. The average molecular weight is 192 g/mol. The van der Waals surface area contributed by atoms with Crippen LogP contribution in [0.2, 0.25) is 0 Å². The predicted octanol–water partition coefficient (Wildman–Crippen LogP) is 1.42. The van der Waals surface area contributed by atoms with Gasteiger partial charge >= 0.3 is 6.09 Å². The standard InChI is InChI=1S/C9H8N2O3/c10-9(12)13-5-6-1-2-8-7(3-6)4-11-14-8/h1-4H,5H2,(H2,10,12). The molecule has 0 saturated heterocycles. The molecule has 0 unspecified atom stereocenters. The van der Waals surface area contributed by atoms with Crippen LogP contribution < -0.4 is 5.73 Å². The van der Waals surface area contributed by atoms with Crippen molar-refractivity contribution in [2.45, 2.75) is 6.61 Å². The normalized spacial score (nSPS) is 10.3. The van der Waals surface area contributed by atoms with E-state index in [2.05, 4.69) is 9.89 Å². The monoisotopic (exact) mass is 192 g/mol. The average Bonchev–Trinajstić information content (AvgIpc) is 2.61. The van der Waals surface area contributed by atoms with E-state index in [-0.39, 0.29) is 6.61 Å². The van der Waals surface area contributed by atoms with Crippen LogP contribution in [-0.4, -0.2) is 11.2 Å². The van der Waals surface area contributed by atoms with Gasteiger partial charge in [-0.2, -0.15) is 0 Å². The van der Waals surface area contributed by atoms with E-state index in [0.29, 0.717) is 5.58 Å². The summed E-state index contributed by atoms with van der Waals surface area (Å²) in [7, 11) is 0. The number of primary amides is 1. The highest BCUT2D eigenvalue weighted by Gasteiger charge is 2.01. The molecule has 2 aromatic rings. The van der Waals surface area contributed by atoms with E-state index in [1.807, 2.05) is 6.07 Å². The highest BCUT2D eigenvalue weighted by molar-refractivity contribution is 5.76. The zero-order valence-corrected chi connectivity index (χ0v) is 7.27. The molecule has 0 atom stereocenters. The smallest absolute Gasteiger partial charge is 0.404 e. The van der Waals surface area contributed by atoms with Crippen molar-refractivity contribution in [3.63, 3.8) is 0 Å². The van der Waals surface area contributed by atoms with Gasteiger partial charge in [0.15, 0.2) is 5.58 Å². The molecular formula is C9H8N2O3. The highest BCUT2D eigenvalue weighted by atomic mass is 16.5. The molecule has 0 spiro atoms. The number of hydrogen-bond donors (Lipinski definition) is 1. The van der Waals surface area contributed by atoms with Gasteiger partial charge in [-0.3, -0.25) is 0 Å². The number of carbonyl (C=O) groups is 1. The number of carbonyl (C=O) groups excluding carboxylic acids is 1. The number of fused-ring (bicyclic) bond motifs is 1. The number of hydrogen-bond acceptors (Lipinski definition) is 4. The Labute approximate surface area is 79.4 Å². The van der Waals surface area contributed by atoms with E-state index < -0.39 is 6.09 Å². The maximum atomic E-state index is 10.4. The fourth-order valence-electron chi connectivity index (χ4n) is 1.17. The minimum absolute atomic E-state index is 0.163. The highest BCUT2D eigenvalue weighted by Crippen LogP contribution is 2.15. The Balaban J connectivity index is 2.21. The third-order valence-electron chi connectivity index (χ3n) is 1.80. The van der Waals surface area contributed by atoms with Crippen molar-refractivity contribution in [1.82, 2.24) is 5.16 Å². The Kier molecular flexibility index (Phi) is 2.06. The first kappa shape index (κ1) is 8.55. The molecule has 5 nitrogen and oxygen atoms in total. The molecule has 72 valence electrons. The number of rotatable bonds is 2. The van der Waals surface area contributed by atoms with E-state index in [4.69, 9.17) is 10.3 Å². The van der Waals surface area contributed by atoms with E-state index in [1.165, 1.54) is 0 Å². The summed E-state index contributed by atoms with van der Waals surface area (Å²) in [6.07, 6.45) is 0.818. The van der Waals surface area contributed by atoms with Crippen molar-refractivity contribution in [2.75, 3.05) is 0 Å². The van der Waals surface area contributed by atoms with Crippen LogP contribution in [-0.2, 0) is 11.3 Å².